The predicted octanol–water partition coefficient (Wildman–Crippen LogP) is 3.02. The van der Waals surface area contributed by atoms with Gasteiger partial charge in [0, 0.05) is 45.0 Å². The number of aldehydes is 1. The molecule has 0 saturated carbocycles. The van der Waals surface area contributed by atoms with E-state index in [4.69, 9.17) is 32.7 Å². The molecule has 1 aliphatic rings. The van der Waals surface area contributed by atoms with Crippen LogP contribution in [-0.2, 0) is 22.6 Å². The molecule has 0 aromatic carbocycles. The van der Waals surface area contributed by atoms with E-state index in [1.54, 1.807) is 26.8 Å². The Morgan fingerprint density at radius 2 is 1.29 bits per heavy atom. The molecule has 0 amide bonds. The molecule has 0 spiro atoms. The third-order valence-corrected chi connectivity index (χ3v) is 6.82. The average molecular weight is 776 g/mol. The Labute approximate surface area is 348 Å². The molecule has 4 aromatic rings. The summed E-state index contributed by atoms with van der Waals surface area (Å²) >= 11 is 12.2. The number of ketones is 2. The zero-order chi connectivity index (χ0) is 37.4. The first-order chi connectivity index (χ1) is 23.5. The molecule has 0 N–H and O–H groups in total. The fraction of sp³-hybridized carbons (Fsp3) is 0.382. The number of nitrogens with zero attached hydrogens (tertiary/aromatic N) is 6. The maximum atomic E-state index is 13.1. The quantitative estimate of drug-likeness (QED) is 0.107. The summed E-state index contributed by atoms with van der Waals surface area (Å²) in [6.07, 6.45) is 11.2. The number of halogens is 4. The third-order valence-electron chi connectivity index (χ3n) is 6.02. The van der Waals surface area contributed by atoms with Crippen molar-refractivity contribution in [3.63, 3.8) is 0 Å². The zero-order valence-electron chi connectivity index (χ0n) is 29.6. The summed E-state index contributed by atoms with van der Waals surface area (Å²) in [6, 6.07) is 2.61. The van der Waals surface area contributed by atoms with E-state index in [0.717, 1.165) is 25.6 Å². The Morgan fingerprint density at radius 1 is 0.882 bits per heavy atom. The standard InChI is InChI=1S/C14H13ClFN3O2.C12H9ClFN3O2.C4H8O.C4H9O.K/c1-9(20)13-12(3-4-21-2)14(15)19(18-13)8-10-5-11(16)7-17-6-10;1-7(19)11-10(6-18)12(13)17(16-11)5-8-2-9(14)4-15-3-8;1-2-4-5-3-1;1-4(2,3)5;/h3-7H,8H2,1-2H3;2-4,6H,5H2,1H3;1-4H2;1-3H3;/q;;;-1;+1. The summed E-state index contributed by atoms with van der Waals surface area (Å²) in [5.74, 6) is -1.51. The van der Waals surface area contributed by atoms with E-state index in [0.29, 0.717) is 23.0 Å². The SMILES string of the molecule is C1CCOC1.CC(=O)c1nn(Cc2cncc(F)c2)c(Cl)c1C=O.CC(C)(C)[O-].COC=Cc1c(C(C)=O)nn(Cc2cncc(F)c2)c1Cl.[K+]. The Hall–Kier alpha value is -2.73. The summed E-state index contributed by atoms with van der Waals surface area (Å²) < 4.78 is 38.6. The summed E-state index contributed by atoms with van der Waals surface area (Å²) in [6.45, 7) is 9.92. The van der Waals surface area contributed by atoms with Crippen molar-refractivity contribution in [2.75, 3.05) is 20.3 Å². The molecular weight excluding hydrogens is 736 g/mol. The van der Waals surface area contributed by atoms with Crippen molar-refractivity contribution in [1.82, 2.24) is 29.5 Å². The van der Waals surface area contributed by atoms with E-state index in [1.165, 1.54) is 74.0 Å². The molecule has 270 valence electrons. The van der Waals surface area contributed by atoms with E-state index in [1.807, 2.05) is 0 Å². The average Bonchev–Trinajstić information content (AvgIpc) is 3.78. The molecule has 5 heterocycles. The second-order valence-corrected chi connectivity index (χ2v) is 12.4. The van der Waals surface area contributed by atoms with E-state index >= 15 is 0 Å². The second-order valence-electron chi connectivity index (χ2n) is 11.6. The van der Waals surface area contributed by atoms with Crippen LogP contribution in [0.1, 0.15) is 95.5 Å². The molecule has 1 fully saturated rings. The topological polar surface area (TPSA) is 154 Å². The van der Waals surface area contributed by atoms with Gasteiger partial charge in [-0.05, 0) is 42.2 Å². The molecule has 0 bridgehead atoms. The molecule has 1 saturated heterocycles. The van der Waals surface area contributed by atoms with Crippen molar-refractivity contribution in [3.8, 4) is 0 Å². The van der Waals surface area contributed by atoms with Crippen LogP contribution in [0.25, 0.3) is 6.08 Å². The van der Waals surface area contributed by atoms with E-state index < -0.39 is 17.2 Å². The third kappa shape index (κ3) is 16.7. The molecule has 0 aliphatic carbocycles. The van der Waals surface area contributed by atoms with Gasteiger partial charge in [-0.25, -0.2) is 18.1 Å². The van der Waals surface area contributed by atoms with Crippen LogP contribution in [0, 0.1) is 11.6 Å². The van der Waals surface area contributed by atoms with E-state index in [-0.39, 0.29) is 103 Å². The molecule has 17 heteroatoms. The van der Waals surface area contributed by atoms with Crippen molar-refractivity contribution in [2.45, 2.75) is 66.2 Å². The molecule has 0 atom stereocenters. The Kier molecular flexibility index (Phi) is 20.9. The first-order valence-electron chi connectivity index (χ1n) is 15.2. The van der Waals surface area contributed by atoms with E-state index in [2.05, 4.69) is 20.2 Å². The molecule has 5 rings (SSSR count). The van der Waals surface area contributed by atoms with Crippen LogP contribution in [-0.4, -0.2) is 73.3 Å². The number of Topliss-reactive ketones (excluding diaryl/α,β-unsaturated/α-hetero) is 2. The minimum atomic E-state index is -0.750. The summed E-state index contributed by atoms with van der Waals surface area (Å²) in [7, 11) is 1.49. The fourth-order valence-corrected chi connectivity index (χ4v) is 4.45. The molecule has 4 aromatic heterocycles. The van der Waals surface area contributed by atoms with Crippen molar-refractivity contribution in [2.24, 2.45) is 0 Å². The summed E-state index contributed by atoms with van der Waals surface area (Å²) in [4.78, 5) is 41.3. The van der Waals surface area contributed by atoms with Gasteiger partial charge < -0.3 is 14.6 Å². The summed E-state index contributed by atoms with van der Waals surface area (Å²) in [5.41, 5.74) is 1.12. The normalized spacial score (nSPS) is 12.0. The molecule has 0 unspecified atom stereocenters. The molecule has 12 nitrogen and oxygen atoms in total. The number of hydrogen-bond acceptors (Lipinski definition) is 10. The Morgan fingerprint density at radius 3 is 1.61 bits per heavy atom. The van der Waals surface area contributed by atoms with Crippen LogP contribution in [0.2, 0.25) is 10.3 Å². The van der Waals surface area contributed by atoms with E-state index in [9.17, 15) is 28.3 Å². The van der Waals surface area contributed by atoms with Crippen LogP contribution in [0.5, 0.6) is 0 Å². The first kappa shape index (κ1) is 46.3. The van der Waals surface area contributed by atoms with Gasteiger partial charge in [0.05, 0.1) is 44.4 Å². The largest absolute Gasteiger partial charge is 1.00 e. The van der Waals surface area contributed by atoms with Crippen molar-refractivity contribution in [3.05, 3.63) is 98.8 Å². The van der Waals surface area contributed by atoms with Crippen LogP contribution in [0.4, 0.5) is 8.78 Å². The predicted molar refractivity (Wildman–Crippen MR) is 182 cm³/mol. The number of methoxy groups -OCH3 is 1. The Balaban J connectivity index is 0.000000396. The molecular formula is C34H39Cl2F2KN6O6. The number of aromatic nitrogens is 6. The number of hydrogen-bond donors (Lipinski definition) is 0. The number of ether oxygens (including phenoxy) is 2. The second kappa shape index (κ2) is 23.0. The van der Waals surface area contributed by atoms with Gasteiger partial charge in [0.2, 0.25) is 0 Å². The van der Waals surface area contributed by atoms with Gasteiger partial charge in [-0.1, -0.05) is 44.0 Å². The van der Waals surface area contributed by atoms with Gasteiger partial charge in [-0.15, -0.1) is 5.60 Å². The van der Waals surface area contributed by atoms with Crippen LogP contribution < -0.4 is 56.5 Å². The summed E-state index contributed by atoms with van der Waals surface area (Å²) in [5, 5.41) is 18.5. The maximum Gasteiger partial charge on any atom is 1.00 e. The first-order valence-corrected chi connectivity index (χ1v) is 16.0. The number of pyridine rings is 2. The van der Waals surface area contributed by atoms with Crippen LogP contribution >= 0.6 is 23.2 Å². The van der Waals surface area contributed by atoms with Crippen molar-refractivity contribution >= 4 is 47.1 Å². The van der Waals surface area contributed by atoms with Crippen LogP contribution in [0.15, 0.2) is 43.2 Å². The number of rotatable bonds is 9. The fourth-order valence-electron chi connectivity index (χ4n) is 3.97. The van der Waals surface area contributed by atoms with Gasteiger partial charge in [0.1, 0.15) is 33.3 Å². The van der Waals surface area contributed by atoms with Gasteiger partial charge in [-0.3, -0.25) is 24.4 Å². The monoisotopic (exact) mass is 774 g/mol. The van der Waals surface area contributed by atoms with Gasteiger partial charge in [0.15, 0.2) is 17.9 Å². The minimum absolute atomic E-state index is 0. The zero-order valence-corrected chi connectivity index (χ0v) is 34.2. The van der Waals surface area contributed by atoms with Gasteiger partial charge in [0.25, 0.3) is 0 Å². The Bertz CT molecular complexity index is 1760. The van der Waals surface area contributed by atoms with Crippen LogP contribution in [0.3, 0.4) is 0 Å². The number of carbonyl (C=O) groups excluding carboxylic acids is 3. The smallest absolute Gasteiger partial charge is 0.850 e. The molecule has 0 radical (unpaired) electrons. The van der Waals surface area contributed by atoms with Gasteiger partial charge in [-0.2, -0.15) is 10.2 Å². The maximum absolute atomic E-state index is 13.1. The molecule has 1 aliphatic heterocycles. The van der Waals surface area contributed by atoms with Crippen molar-refractivity contribution < 1.29 is 89.1 Å². The number of carbonyl (C=O) groups is 3. The molecule has 51 heavy (non-hydrogen) atoms. The minimum Gasteiger partial charge on any atom is -0.850 e. The van der Waals surface area contributed by atoms with Gasteiger partial charge >= 0.3 is 51.4 Å². The van der Waals surface area contributed by atoms with Crippen molar-refractivity contribution in [1.29, 1.82) is 0 Å².